The van der Waals surface area contributed by atoms with E-state index in [1.54, 1.807) is 18.3 Å². The predicted octanol–water partition coefficient (Wildman–Crippen LogP) is 3.27. The van der Waals surface area contributed by atoms with Gasteiger partial charge in [-0.2, -0.15) is 9.40 Å². The molecular formula is C21H24N4O4S. The zero-order chi connectivity index (χ0) is 21.1. The third-order valence-electron chi connectivity index (χ3n) is 5.40. The van der Waals surface area contributed by atoms with Gasteiger partial charge in [-0.3, -0.25) is 9.89 Å². The molecule has 0 aliphatic carbocycles. The zero-order valence-corrected chi connectivity index (χ0v) is 17.5. The van der Waals surface area contributed by atoms with Gasteiger partial charge in [0.25, 0.3) is 10.0 Å². The Balaban J connectivity index is 1.36. The van der Waals surface area contributed by atoms with E-state index in [0.717, 1.165) is 12.1 Å². The Labute approximate surface area is 175 Å². The van der Waals surface area contributed by atoms with Crippen LogP contribution < -0.4 is 5.32 Å². The first-order valence-electron chi connectivity index (χ1n) is 9.97. The monoisotopic (exact) mass is 428 g/mol. The molecule has 2 N–H and O–H groups in total. The van der Waals surface area contributed by atoms with Crippen LogP contribution in [-0.4, -0.2) is 41.9 Å². The van der Waals surface area contributed by atoms with Gasteiger partial charge in [-0.05, 0) is 55.2 Å². The van der Waals surface area contributed by atoms with E-state index in [1.165, 1.54) is 15.9 Å². The maximum Gasteiger partial charge on any atom is 0.276 e. The smallest absolute Gasteiger partial charge is 0.276 e. The minimum atomic E-state index is -3.75. The number of H-pyrrole nitrogens is 1. The van der Waals surface area contributed by atoms with Crippen LogP contribution in [0, 0.1) is 5.92 Å². The van der Waals surface area contributed by atoms with Gasteiger partial charge in [0.1, 0.15) is 5.69 Å². The molecule has 1 fully saturated rings. The summed E-state index contributed by atoms with van der Waals surface area (Å²) in [5.74, 6) is 0.115. The molecule has 3 heterocycles. The van der Waals surface area contributed by atoms with Gasteiger partial charge in [0, 0.05) is 30.9 Å². The Bertz CT molecular complexity index is 1100. The van der Waals surface area contributed by atoms with Crippen molar-refractivity contribution in [2.75, 3.05) is 18.4 Å². The lowest BCUT2D eigenvalue weighted by Gasteiger charge is -2.29. The van der Waals surface area contributed by atoms with E-state index in [4.69, 9.17) is 4.42 Å². The van der Waals surface area contributed by atoms with E-state index in [2.05, 4.69) is 22.4 Å². The average Bonchev–Trinajstić information content (AvgIpc) is 3.46. The fraction of sp³-hybridized carbons (Fsp3) is 0.333. The van der Waals surface area contributed by atoms with E-state index >= 15 is 0 Å². The third kappa shape index (κ3) is 4.17. The van der Waals surface area contributed by atoms with Crippen molar-refractivity contribution in [3.63, 3.8) is 0 Å². The number of anilines is 1. The molecule has 1 saturated heterocycles. The molecule has 1 amide bonds. The van der Waals surface area contributed by atoms with Crippen LogP contribution in [0.4, 0.5) is 5.69 Å². The molecule has 3 aromatic rings. The lowest BCUT2D eigenvalue weighted by molar-refractivity contribution is -0.120. The summed E-state index contributed by atoms with van der Waals surface area (Å²) in [4.78, 5) is 12.6. The van der Waals surface area contributed by atoms with Crippen molar-refractivity contribution in [3.8, 4) is 11.5 Å². The van der Waals surface area contributed by atoms with Crippen LogP contribution in [0.2, 0.25) is 0 Å². The molecule has 30 heavy (non-hydrogen) atoms. The Hall–Kier alpha value is -2.91. The number of amides is 1. The van der Waals surface area contributed by atoms with Gasteiger partial charge in [-0.15, -0.1) is 0 Å². The zero-order valence-electron chi connectivity index (χ0n) is 16.7. The van der Waals surface area contributed by atoms with Gasteiger partial charge in [0.15, 0.2) is 5.76 Å². The minimum Gasteiger partial charge on any atom is -0.442 e. The number of carbonyl (C=O) groups excluding carboxylic acids is 1. The van der Waals surface area contributed by atoms with Crippen LogP contribution in [0.1, 0.15) is 25.3 Å². The highest BCUT2D eigenvalue weighted by atomic mass is 32.2. The molecular weight excluding hydrogens is 404 g/mol. The third-order valence-corrected chi connectivity index (χ3v) is 7.17. The summed E-state index contributed by atoms with van der Waals surface area (Å²) in [6, 6.07) is 12.5. The summed E-state index contributed by atoms with van der Waals surface area (Å²) in [5.41, 5.74) is 2.58. The summed E-state index contributed by atoms with van der Waals surface area (Å²) in [6.45, 7) is 2.63. The molecule has 1 aromatic carbocycles. The molecule has 0 atom stereocenters. The lowest BCUT2D eigenvalue weighted by Crippen LogP contribution is -2.41. The second-order valence-corrected chi connectivity index (χ2v) is 9.18. The molecule has 0 spiro atoms. The van der Waals surface area contributed by atoms with Crippen molar-refractivity contribution in [1.29, 1.82) is 0 Å². The van der Waals surface area contributed by atoms with Gasteiger partial charge >= 0.3 is 0 Å². The average molecular weight is 429 g/mol. The molecule has 0 bridgehead atoms. The Morgan fingerprint density at radius 1 is 1.17 bits per heavy atom. The van der Waals surface area contributed by atoms with E-state index in [1.807, 2.05) is 24.3 Å². The second-order valence-electron chi connectivity index (χ2n) is 7.31. The molecule has 2 aromatic heterocycles. The number of hydrogen-bond donors (Lipinski definition) is 2. The first kappa shape index (κ1) is 20.4. The first-order chi connectivity index (χ1) is 14.5. The molecule has 158 valence electrons. The van der Waals surface area contributed by atoms with Gasteiger partial charge in [0.2, 0.25) is 11.0 Å². The summed E-state index contributed by atoms with van der Waals surface area (Å²) in [6.07, 6.45) is 3.44. The molecule has 1 aliphatic rings. The maximum atomic E-state index is 12.9. The SMILES string of the molecule is CCc1ccc(NC(=O)C2CCN(S(=O)(=O)c3ccc(-c4ccn[nH]4)o3)CC2)cc1. The van der Waals surface area contributed by atoms with Crippen LogP contribution in [0.3, 0.4) is 0 Å². The van der Waals surface area contributed by atoms with Crippen LogP contribution in [0.5, 0.6) is 0 Å². The summed E-state index contributed by atoms with van der Waals surface area (Å²) < 4.78 is 32.7. The topological polar surface area (TPSA) is 108 Å². The van der Waals surface area contributed by atoms with E-state index in [-0.39, 0.29) is 30.0 Å². The number of aromatic amines is 1. The van der Waals surface area contributed by atoms with Crippen LogP contribution in [0.15, 0.2) is 58.2 Å². The standard InChI is InChI=1S/C21H24N4O4S/c1-2-15-3-5-17(6-4-15)23-21(26)16-10-13-25(14-11-16)30(27,28)20-8-7-19(29-20)18-9-12-22-24-18/h3-9,12,16H,2,10-11,13-14H2,1H3,(H,22,24)(H,23,26). The number of hydrogen-bond acceptors (Lipinski definition) is 5. The van der Waals surface area contributed by atoms with Crippen LogP contribution in [-0.2, 0) is 21.2 Å². The number of aromatic nitrogens is 2. The second kappa shape index (κ2) is 8.45. The maximum absolute atomic E-state index is 12.9. The lowest BCUT2D eigenvalue weighted by atomic mass is 9.97. The van der Waals surface area contributed by atoms with Gasteiger partial charge in [-0.25, -0.2) is 8.42 Å². The number of furan rings is 1. The first-order valence-corrected chi connectivity index (χ1v) is 11.4. The summed E-state index contributed by atoms with van der Waals surface area (Å²) in [7, 11) is -3.75. The highest BCUT2D eigenvalue weighted by Gasteiger charge is 2.34. The number of nitrogens with zero attached hydrogens (tertiary/aromatic N) is 2. The van der Waals surface area contributed by atoms with Crippen LogP contribution >= 0.6 is 0 Å². The molecule has 8 nitrogen and oxygen atoms in total. The highest BCUT2D eigenvalue weighted by Crippen LogP contribution is 2.28. The number of carbonyl (C=O) groups is 1. The van der Waals surface area contributed by atoms with Gasteiger partial charge in [-0.1, -0.05) is 19.1 Å². The molecule has 4 rings (SSSR count). The van der Waals surface area contributed by atoms with E-state index < -0.39 is 10.0 Å². The van der Waals surface area contributed by atoms with Crippen molar-refractivity contribution >= 4 is 21.6 Å². The summed E-state index contributed by atoms with van der Waals surface area (Å²) in [5, 5.41) is 9.41. The van der Waals surface area contributed by atoms with Crippen molar-refractivity contribution in [3.05, 3.63) is 54.2 Å². The van der Waals surface area contributed by atoms with E-state index in [9.17, 15) is 13.2 Å². The number of sulfonamides is 1. The van der Waals surface area contributed by atoms with Crippen molar-refractivity contribution < 1.29 is 17.6 Å². The fourth-order valence-corrected chi connectivity index (χ4v) is 4.93. The highest BCUT2D eigenvalue weighted by molar-refractivity contribution is 7.89. The Morgan fingerprint density at radius 2 is 1.90 bits per heavy atom. The van der Waals surface area contributed by atoms with E-state index in [0.29, 0.717) is 24.3 Å². The van der Waals surface area contributed by atoms with Crippen LogP contribution in [0.25, 0.3) is 11.5 Å². The molecule has 1 aliphatic heterocycles. The molecule has 9 heteroatoms. The fourth-order valence-electron chi connectivity index (χ4n) is 3.55. The predicted molar refractivity (Wildman–Crippen MR) is 112 cm³/mol. The molecule has 0 radical (unpaired) electrons. The van der Waals surface area contributed by atoms with Crippen molar-refractivity contribution in [2.24, 2.45) is 5.92 Å². The Kier molecular flexibility index (Phi) is 5.74. The van der Waals surface area contributed by atoms with Crippen molar-refractivity contribution in [1.82, 2.24) is 14.5 Å². The van der Waals surface area contributed by atoms with Gasteiger partial charge in [0.05, 0.1) is 0 Å². The number of rotatable bonds is 6. The Morgan fingerprint density at radius 3 is 2.53 bits per heavy atom. The number of aryl methyl sites for hydroxylation is 1. The summed E-state index contributed by atoms with van der Waals surface area (Å²) >= 11 is 0. The van der Waals surface area contributed by atoms with Gasteiger partial charge < -0.3 is 9.73 Å². The number of piperidine rings is 1. The molecule has 0 unspecified atom stereocenters. The number of benzene rings is 1. The number of nitrogens with one attached hydrogen (secondary N) is 2. The minimum absolute atomic E-state index is 0.0733. The quantitative estimate of drug-likeness (QED) is 0.626. The van der Waals surface area contributed by atoms with Crippen molar-refractivity contribution in [2.45, 2.75) is 31.3 Å². The largest absolute Gasteiger partial charge is 0.442 e. The molecule has 0 saturated carbocycles. The normalized spacial score (nSPS) is 15.9.